The molecule has 0 saturated carbocycles. The van der Waals surface area contributed by atoms with Crippen molar-refractivity contribution in [1.29, 1.82) is 0 Å². The van der Waals surface area contributed by atoms with Crippen molar-refractivity contribution in [3.63, 3.8) is 0 Å². The molecule has 0 unspecified atom stereocenters. The number of rotatable bonds is 6. The Bertz CT molecular complexity index is 265. The summed E-state index contributed by atoms with van der Waals surface area (Å²) in [5, 5.41) is 0. The van der Waals surface area contributed by atoms with Crippen molar-refractivity contribution >= 4 is 33.5 Å². The second-order valence-corrected chi connectivity index (χ2v) is 5.80. The van der Waals surface area contributed by atoms with E-state index in [1.165, 1.54) is 21.6 Å². The molecule has 104 valence electrons. The Morgan fingerprint density at radius 3 is 1.67 bits per heavy atom. The van der Waals surface area contributed by atoms with Gasteiger partial charge < -0.3 is 9.47 Å². The lowest BCUT2D eigenvalue weighted by molar-refractivity contribution is -0.170. The van der Waals surface area contributed by atoms with Crippen LogP contribution in [0.1, 0.15) is 0 Å². The quantitative estimate of drug-likeness (QED) is 0.358. The highest BCUT2D eigenvalue weighted by atomic mass is 33.1. The molecule has 0 aromatic rings. The summed E-state index contributed by atoms with van der Waals surface area (Å²) >= 11 is 0. The highest BCUT2D eigenvalue weighted by molar-refractivity contribution is 8.76. The molecule has 0 aromatic carbocycles. The van der Waals surface area contributed by atoms with Crippen LogP contribution in [0, 0.1) is 0 Å². The topological polar surface area (TPSA) is 123 Å². The third kappa shape index (κ3) is 5.42. The lowest BCUT2D eigenvalue weighted by atomic mass is 10.2. The molecule has 0 radical (unpaired) electrons. The first-order chi connectivity index (χ1) is 8.67. The first kappa shape index (κ1) is 15.5. The summed E-state index contributed by atoms with van der Waals surface area (Å²) in [5.41, 5.74) is 0. The average molecular weight is 298 g/mol. The lowest BCUT2D eigenvalue weighted by Crippen LogP contribution is -2.42. The summed E-state index contributed by atoms with van der Waals surface area (Å²) in [5.74, 6) is 9.35. The fourth-order valence-electron chi connectivity index (χ4n) is 1.21. The van der Waals surface area contributed by atoms with Gasteiger partial charge in [-0.2, -0.15) is 0 Å². The van der Waals surface area contributed by atoms with E-state index in [2.05, 4.69) is 9.68 Å². The van der Waals surface area contributed by atoms with E-state index in [4.69, 9.17) is 21.3 Å². The molecule has 1 rings (SSSR count). The van der Waals surface area contributed by atoms with Crippen molar-refractivity contribution in [1.82, 2.24) is 0 Å². The Morgan fingerprint density at radius 1 is 0.944 bits per heavy atom. The summed E-state index contributed by atoms with van der Waals surface area (Å²) in [6.45, 7) is -0.693. The van der Waals surface area contributed by atoms with Crippen LogP contribution in [0.4, 0.5) is 0 Å². The van der Waals surface area contributed by atoms with Crippen LogP contribution in [0.5, 0.6) is 0 Å². The zero-order valence-electron chi connectivity index (χ0n) is 9.40. The van der Waals surface area contributed by atoms with Crippen molar-refractivity contribution in [3.05, 3.63) is 0 Å². The van der Waals surface area contributed by atoms with Crippen LogP contribution < -0.4 is 11.8 Å². The number of carbonyl (C=O) groups is 2. The maximum atomic E-state index is 11.2. The second kappa shape index (κ2) is 8.56. The Morgan fingerprint density at radius 2 is 1.33 bits per heavy atom. The maximum Gasteiger partial charge on any atom is 0.334 e. The van der Waals surface area contributed by atoms with E-state index in [-0.39, 0.29) is 13.2 Å². The standard InChI is InChI=1S/C8H14N2O6S2/c9-13-1-7(11)15-5-3-17-18-4-6(5)16-8(12)2-14-10/h5-6H,1-4,9-10H2/t5-,6-/m0/s1. The van der Waals surface area contributed by atoms with E-state index in [1.807, 2.05) is 0 Å². The van der Waals surface area contributed by atoms with Gasteiger partial charge in [-0.15, -0.1) is 0 Å². The number of ether oxygens (including phenoxy) is 2. The van der Waals surface area contributed by atoms with E-state index >= 15 is 0 Å². The van der Waals surface area contributed by atoms with Crippen molar-refractivity contribution in [2.45, 2.75) is 12.2 Å². The fourth-order valence-corrected chi connectivity index (χ4v) is 3.61. The highest BCUT2D eigenvalue weighted by Crippen LogP contribution is 2.32. The van der Waals surface area contributed by atoms with Crippen LogP contribution >= 0.6 is 21.6 Å². The van der Waals surface area contributed by atoms with E-state index < -0.39 is 24.1 Å². The van der Waals surface area contributed by atoms with Crippen LogP contribution in [0.15, 0.2) is 0 Å². The summed E-state index contributed by atoms with van der Waals surface area (Å²) < 4.78 is 10.2. The average Bonchev–Trinajstić information content (AvgIpc) is 2.32. The lowest BCUT2D eigenvalue weighted by Gasteiger charge is -2.29. The van der Waals surface area contributed by atoms with Crippen LogP contribution in [0.3, 0.4) is 0 Å². The molecule has 1 heterocycles. The van der Waals surface area contributed by atoms with Gasteiger partial charge in [0.1, 0.15) is 12.2 Å². The predicted octanol–water partition coefficient (Wildman–Crippen LogP) is -1.01. The number of hydrogen-bond acceptors (Lipinski definition) is 10. The van der Waals surface area contributed by atoms with Gasteiger partial charge in [0.05, 0.1) is 0 Å². The summed E-state index contributed by atoms with van der Waals surface area (Å²) in [4.78, 5) is 30.8. The second-order valence-electron chi connectivity index (χ2n) is 3.25. The van der Waals surface area contributed by atoms with Crippen LogP contribution in [0.2, 0.25) is 0 Å². The molecule has 0 amide bonds. The number of hydrogen-bond donors (Lipinski definition) is 2. The van der Waals surface area contributed by atoms with E-state index in [0.29, 0.717) is 11.5 Å². The summed E-state index contributed by atoms with van der Waals surface area (Å²) in [6, 6.07) is 0. The zero-order valence-corrected chi connectivity index (χ0v) is 11.0. The first-order valence-corrected chi connectivity index (χ1v) is 7.43. The molecule has 10 heteroatoms. The molecule has 2 atom stereocenters. The van der Waals surface area contributed by atoms with Crippen molar-refractivity contribution in [3.8, 4) is 0 Å². The largest absolute Gasteiger partial charge is 0.456 e. The normalized spacial score (nSPS) is 23.4. The number of carbonyl (C=O) groups excluding carboxylic acids is 2. The molecule has 0 aliphatic carbocycles. The van der Waals surface area contributed by atoms with Gasteiger partial charge in [-0.05, 0) is 0 Å². The van der Waals surface area contributed by atoms with Gasteiger partial charge in [0.25, 0.3) is 0 Å². The van der Waals surface area contributed by atoms with Gasteiger partial charge in [0.15, 0.2) is 13.2 Å². The van der Waals surface area contributed by atoms with Crippen LogP contribution in [-0.4, -0.2) is 48.9 Å². The Hall–Kier alpha value is -0.520. The molecule has 8 nitrogen and oxygen atoms in total. The van der Waals surface area contributed by atoms with E-state index in [1.54, 1.807) is 0 Å². The van der Waals surface area contributed by atoms with Gasteiger partial charge in [0, 0.05) is 11.5 Å². The summed E-state index contributed by atoms with van der Waals surface area (Å²) in [7, 11) is 3.05. The van der Waals surface area contributed by atoms with Crippen molar-refractivity contribution in [2.75, 3.05) is 24.7 Å². The molecule has 4 N–H and O–H groups in total. The molecule has 1 aliphatic heterocycles. The number of esters is 2. The fraction of sp³-hybridized carbons (Fsp3) is 0.750. The predicted molar refractivity (Wildman–Crippen MR) is 65.0 cm³/mol. The van der Waals surface area contributed by atoms with Crippen LogP contribution in [0.25, 0.3) is 0 Å². The first-order valence-electron chi connectivity index (χ1n) is 4.94. The monoisotopic (exact) mass is 298 g/mol. The highest BCUT2D eigenvalue weighted by Gasteiger charge is 2.32. The Labute approximate surface area is 111 Å². The molecule has 1 fully saturated rings. The number of nitrogens with two attached hydrogens (primary N) is 2. The van der Waals surface area contributed by atoms with Crippen molar-refractivity contribution in [2.24, 2.45) is 11.8 Å². The molecular weight excluding hydrogens is 284 g/mol. The minimum atomic E-state index is -0.605. The molecule has 18 heavy (non-hydrogen) atoms. The van der Waals surface area contributed by atoms with Gasteiger partial charge in [-0.1, -0.05) is 21.6 Å². The molecule has 0 bridgehead atoms. The molecule has 1 saturated heterocycles. The molecule has 0 aromatic heterocycles. The zero-order chi connectivity index (χ0) is 13.4. The van der Waals surface area contributed by atoms with E-state index in [9.17, 15) is 9.59 Å². The maximum absolute atomic E-state index is 11.2. The SMILES string of the molecule is NOCC(=O)O[C@H]1CSSC[C@@H]1OC(=O)CON. The molecular formula is C8H14N2O6S2. The van der Waals surface area contributed by atoms with Gasteiger partial charge in [-0.3, -0.25) is 9.68 Å². The van der Waals surface area contributed by atoms with E-state index in [0.717, 1.165) is 0 Å². The van der Waals surface area contributed by atoms with Gasteiger partial charge in [0.2, 0.25) is 0 Å². The Kier molecular flexibility index (Phi) is 7.39. The van der Waals surface area contributed by atoms with Crippen molar-refractivity contribution < 1.29 is 28.7 Å². The molecule has 0 spiro atoms. The third-order valence-electron chi connectivity index (χ3n) is 1.93. The minimum absolute atomic E-state index is 0.346. The van der Waals surface area contributed by atoms with Gasteiger partial charge >= 0.3 is 11.9 Å². The minimum Gasteiger partial charge on any atom is -0.456 e. The van der Waals surface area contributed by atoms with Gasteiger partial charge in [-0.25, -0.2) is 21.4 Å². The Balaban J connectivity index is 2.46. The van der Waals surface area contributed by atoms with Crippen LogP contribution in [-0.2, 0) is 28.7 Å². The third-order valence-corrected chi connectivity index (χ3v) is 4.34. The smallest absolute Gasteiger partial charge is 0.334 e. The molecule has 1 aliphatic rings. The summed E-state index contributed by atoms with van der Waals surface area (Å²) in [6.07, 6.45) is -1.05.